The summed E-state index contributed by atoms with van der Waals surface area (Å²) in [6.45, 7) is 4.58. The molecule has 2 saturated heterocycles. The molecule has 7 nitrogen and oxygen atoms in total. The molecule has 1 aromatic heterocycles. The number of piperidine rings is 1. The predicted octanol–water partition coefficient (Wildman–Crippen LogP) is 3.05. The summed E-state index contributed by atoms with van der Waals surface area (Å²) in [6, 6.07) is 18.4. The van der Waals surface area contributed by atoms with Crippen LogP contribution < -0.4 is 5.32 Å². The van der Waals surface area contributed by atoms with E-state index >= 15 is 0 Å². The Morgan fingerprint density at radius 2 is 1.61 bits per heavy atom. The summed E-state index contributed by atoms with van der Waals surface area (Å²) in [5.41, 5.74) is 2.60. The second kappa shape index (κ2) is 9.75. The van der Waals surface area contributed by atoms with Crippen molar-refractivity contribution in [3.05, 3.63) is 65.9 Å². The van der Waals surface area contributed by atoms with E-state index in [1.54, 1.807) is 4.68 Å². The van der Waals surface area contributed by atoms with Gasteiger partial charge in [0.15, 0.2) is 5.69 Å². The van der Waals surface area contributed by atoms with Crippen molar-refractivity contribution >= 4 is 22.7 Å². The van der Waals surface area contributed by atoms with E-state index in [-0.39, 0.29) is 24.4 Å². The van der Waals surface area contributed by atoms with Gasteiger partial charge in [-0.3, -0.25) is 19.2 Å². The second-order valence-electron chi connectivity index (χ2n) is 9.13. The van der Waals surface area contributed by atoms with Crippen molar-refractivity contribution < 1.29 is 9.59 Å². The molecule has 5 rings (SSSR count). The fourth-order valence-electron chi connectivity index (χ4n) is 4.96. The number of carbonyl (C=O) groups excluding carboxylic acids is 2. The molecule has 0 radical (unpaired) electrons. The minimum absolute atomic E-state index is 0.0337. The van der Waals surface area contributed by atoms with Gasteiger partial charge in [0, 0.05) is 44.2 Å². The molecular formula is C26H31N5O2. The van der Waals surface area contributed by atoms with Crippen molar-refractivity contribution in [3.63, 3.8) is 0 Å². The minimum Gasteiger partial charge on any atom is -0.352 e. The SMILES string of the molecule is O=C(Cn1nc(C(=O)N2CCCC2)c2ccccc21)NC1CCN(Cc2ccccc2)CC1. The number of aromatic nitrogens is 2. The summed E-state index contributed by atoms with van der Waals surface area (Å²) < 4.78 is 1.68. The number of nitrogens with zero attached hydrogens (tertiary/aromatic N) is 4. The highest BCUT2D eigenvalue weighted by atomic mass is 16.2. The molecule has 172 valence electrons. The van der Waals surface area contributed by atoms with Crippen molar-refractivity contribution in [2.75, 3.05) is 26.2 Å². The van der Waals surface area contributed by atoms with Gasteiger partial charge in [-0.1, -0.05) is 48.5 Å². The van der Waals surface area contributed by atoms with Crippen LogP contribution in [0.15, 0.2) is 54.6 Å². The van der Waals surface area contributed by atoms with Gasteiger partial charge in [-0.15, -0.1) is 0 Å². The van der Waals surface area contributed by atoms with Crippen LogP contribution in [-0.4, -0.2) is 63.6 Å². The number of amides is 2. The fraction of sp³-hybridized carbons (Fsp3) is 0.423. The van der Waals surface area contributed by atoms with Gasteiger partial charge in [-0.05, 0) is 37.3 Å². The lowest BCUT2D eigenvalue weighted by Gasteiger charge is -2.32. The first-order valence-corrected chi connectivity index (χ1v) is 12.0. The van der Waals surface area contributed by atoms with Crippen molar-refractivity contribution in [1.82, 2.24) is 24.9 Å². The summed E-state index contributed by atoms with van der Waals surface area (Å²) in [5, 5.41) is 8.59. The number of benzene rings is 2. The molecule has 33 heavy (non-hydrogen) atoms. The Labute approximate surface area is 194 Å². The highest BCUT2D eigenvalue weighted by Gasteiger charge is 2.26. The summed E-state index contributed by atoms with van der Waals surface area (Å²) in [5.74, 6) is -0.0846. The Hall–Kier alpha value is -3.19. The lowest BCUT2D eigenvalue weighted by Crippen LogP contribution is -2.45. The van der Waals surface area contributed by atoms with Gasteiger partial charge in [-0.25, -0.2) is 0 Å². The van der Waals surface area contributed by atoms with Crippen LogP contribution in [0.1, 0.15) is 41.7 Å². The lowest BCUT2D eigenvalue weighted by atomic mass is 10.0. The van der Waals surface area contributed by atoms with Crippen LogP contribution in [-0.2, 0) is 17.9 Å². The maximum atomic E-state index is 13.0. The molecule has 0 unspecified atom stereocenters. The molecule has 2 aromatic carbocycles. The zero-order chi connectivity index (χ0) is 22.6. The lowest BCUT2D eigenvalue weighted by molar-refractivity contribution is -0.122. The molecule has 3 aromatic rings. The molecule has 2 aliphatic heterocycles. The van der Waals surface area contributed by atoms with Crippen LogP contribution in [0.2, 0.25) is 0 Å². The van der Waals surface area contributed by atoms with Gasteiger partial charge >= 0.3 is 0 Å². The summed E-state index contributed by atoms with van der Waals surface area (Å²) >= 11 is 0. The quantitative estimate of drug-likeness (QED) is 0.633. The molecular weight excluding hydrogens is 414 g/mol. The third-order valence-electron chi connectivity index (χ3n) is 6.75. The Morgan fingerprint density at radius 1 is 0.909 bits per heavy atom. The maximum Gasteiger partial charge on any atom is 0.275 e. The number of para-hydroxylation sites is 1. The number of nitrogens with one attached hydrogen (secondary N) is 1. The summed E-state index contributed by atoms with van der Waals surface area (Å²) in [6.07, 6.45) is 3.96. The number of rotatable bonds is 6. The van der Waals surface area contributed by atoms with E-state index in [0.29, 0.717) is 5.69 Å². The maximum absolute atomic E-state index is 13.0. The number of carbonyl (C=O) groups is 2. The molecule has 0 atom stereocenters. The van der Waals surface area contributed by atoms with Crippen LogP contribution >= 0.6 is 0 Å². The minimum atomic E-state index is -0.0510. The van der Waals surface area contributed by atoms with Crippen molar-refractivity contribution in [3.8, 4) is 0 Å². The average molecular weight is 446 g/mol. The fourth-order valence-corrected chi connectivity index (χ4v) is 4.96. The molecule has 2 amide bonds. The Morgan fingerprint density at radius 3 is 2.36 bits per heavy atom. The van der Waals surface area contributed by atoms with E-state index < -0.39 is 0 Å². The Kier molecular flexibility index (Phi) is 6.39. The largest absolute Gasteiger partial charge is 0.352 e. The van der Waals surface area contributed by atoms with Gasteiger partial charge < -0.3 is 10.2 Å². The van der Waals surface area contributed by atoms with E-state index in [1.807, 2.05) is 35.2 Å². The standard InChI is InChI=1S/C26H31N5O2/c32-24(27-21-12-16-29(17-13-21)18-20-8-2-1-3-9-20)19-31-23-11-5-4-10-22(23)25(28-31)26(33)30-14-6-7-15-30/h1-5,8-11,21H,6-7,12-19H2,(H,27,32). The molecule has 2 aliphatic rings. The van der Waals surface area contributed by atoms with Gasteiger partial charge in [0.25, 0.3) is 5.91 Å². The van der Waals surface area contributed by atoms with Crippen LogP contribution in [0.4, 0.5) is 0 Å². The average Bonchev–Trinajstić information content (AvgIpc) is 3.50. The number of likely N-dealkylation sites (tertiary alicyclic amines) is 2. The molecule has 7 heteroatoms. The molecule has 2 fully saturated rings. The number of hydrogen-bond donors (Lipinski definition) is 1. The third-order valence-corrected chi connectivity index (χ3v) is 6.75. The van der Waals surface area contributed by atoms with E-state index in [2.05, 4.69) is 39.6 Å². The van der Waals surface area contributed by atoms with Crippen LogP contribution in [0.3, 0.4) is 0 Å². The molecule has 3 heterocycles. The highest BCUT2D eigenvalue weighted by Crippen LogP contribution is 2.22. The normalized spacial score (nSPS) is 17.5. The van der Waals surface area contributed by atoms with Gasteiger partial charge in [0.2, 0.25) is 5.91 Å². The number of hydrogen-bond acceptors (Lipinski definition) is 4. The van der Waals surface area contributed by atoms with Gasteiger partial charge in [0.1, 0.15) is 6.54 Å². The topological polar surface area (TPSA) is 70.5 Å². The summed E-state index contributed by atoms with van der Waals surface area (Å²) in [7, 11) is 0. The molecule has 0 spiro atoms. The number of fused-ring (bicyclic) bond motifs is 1. The van der Waals surface area contributed by atoms with Crippen LogP contribution in [0.5, 0.6) is 0 Å². The van der Waals surface area contributed by atoms with E-state index in [4.69, 9.17) is 0 Å². The van der Waals surface area contributed by atoms with E-state index in [0.717, 1.165) is 69.3 Å². The zero-order valence-corrected chi connectivity index (χ0v) is 18.9. The molecule has 0 bridgehead atoms. The molecule has 0 saturated carbocycles. The second-order valence-corrected chi connectivity index (χ2v) is 9.13. The van der Waals surface area contributed by atoms with Crippen molar-refractivity contribution in [2.24, 2.45) is 0 Å². The highest BCUT2D eigenvalue weighted by molar-refractivity contribution is 6.05. The smallest absolute Gasteiger partial charge is 0.275 e. The predicted molar refractivity (Wildman–Crippen MR) is 128 cm³/mol. The van der Waals surface area contributed by atoms with E-state index in [9.17, 15) is 9.59 Å². The van der Waals surface area contributed by atoms with Gasteiger partial charge in [-0.2, -0.15) is 5.10 Å². The Balaban J connectivity index is 1.20. The first kappa shape index (κ1) is 21.6. The monoisotopic (exact) mass is 445 g/mol. The van der Waals surface area contributed by atoms with Crippen molar-refractivity contribution in [2.45, 2.75) is 44.8 Å². The Bertz CT molecular complexity index is 1110. The van der Waals surface area contributed by atoms with Crippen LogP contribution in [0.25, 0.3) is 10.9 Å². The summed E-state index contributed by atoms with van der Waals surface area (Å²) in [4.78, 5) is 30.1. The van der Waals surface area contributed by atoms with Crippen LogP contribution in [0, 0.1) is 0 Å². The van der Waals surface area contributed by atoms with Crippen molar-refractivity contribution in [1.29, 1.82) is 0 Å². The first-order chi connectivity index (χ1) is 16.2. The molecule has 0 aliphatic carbocycles. The zero-order valence-electron chi connectivity index (χ0n) is 18.9. The molecule has 1 N–H and O–H groups in total. The van der Waals surface area contributed by atoms with E-state index in [1.165, 1.54) is 5.56 Å². The first-order valence-electron chi connectivity index (χ1n) is 12.0. The third kappa shape index (κ3) is 4.93. The van der Waals surface area contributed by atoms with Gasteiger partial charge in [0.05, 0.1) is 5.52 Å².